The standard InChI is InChI=1S/C19H18ClNO5/c1-19(2)18(24)21(9-10-25-14-6-4-13(20)5-7-14)15-11-12(17(22)23)3-8-16(15)26-19/h3-8,11H,9-10H2,1-2H3,(H,22,23). The minimum Gasteiger partial charge on any atom is -0.492 e. The van der Waals surface area contributed by atoms with Gasteiger partial charge in [0.1, 0.15) is 18.1 Å². The molecule has 0 saturated heterocycles. The van der Waals surface area contributed by atoms with Crippen LogP contribution in [0.2, 0.25) is 5.02 Å². The quantitative estimate of drug-likeness (QED) is 0.863. The molecule has 136 valence electrons. The van der Waals surface area contributed by atoms with Crippen molar-refractivity contribution in [2.45, 2.75) is 19.4 Å². The first kappa shape index (κ1) is 18.1. The van der Waals surface area contributed by atoms with Crippen LogP contribution in [0.1, 0.15) is 24.2 Å². The number of benzene rings is 2. The van der Waals surface area contributed by atoms with Gasteiger partial charge in [0, 0.05) is 5.02 Å². The van der Waals surface area contributed by atoms with Crippen LogP contribution in [-0.4, -0.2) is 35.7 Å². The Balaban J connectivity index is 1.82. The van der Waals surface area contributed by atoms with E-state index in [0.717, 1.165) is 0 Å². The van der Waals surface area contributed by atoms with Gasteiger partial charge in [-0.1, -0.05) is 11.6 Å². The summed E-state index contributed by atoms with van der Waals surface area (Å²) < 4.78 is 11.4. The zero-order valence-electron chi connectivity index (χ0n) is 14.4. The highest BCUT2D eigenvalue weighted by Crippen LogP contribution is 2.38. The lowest BCUT2D eigenvalue weighted by Gasteiger charge is -2.38. The van der Waals surface area contributed by atoms with Crippen molar-refractivity contribution in [2.24, 2.45) is 0 Å². The Morgan fingerprint density at radius 2 is 1.92 bits per heavy atom. The van der Waals surface area contributed by atoms with Gasteiger partial charge in [0.25, 0.3) is 5.91 Å². The molecule has 0 spiro atoms. The molecule has 0 bridgehead atoms. The van der Waals surface area contributed by atoms with Crippen molar-refractivity contribution in [1.82, 2.24) is 0 Å². The molecule has 26 heavy (non-hydrogen) atoms. The number of carboxylic acids is 1. The molecular weight excluding hydrogens is 358 g/mol. The van der Waals surface area contributed by atoms with Crippen LogP contribution in [0.5, 0.6) is 11.5 Å². The number of rotatable bonds is 5. The van der Waals surface area contributed by atoms with Crippen molar-refractivity contribution in [3.8, 4) is 11.5 Å². The van der Waals surface area contributed by atoms with E-state index in [4.69, 9.17) is 21.1 Å². The second-order valence-electron chi connectivity index (χ2n) is 6.36. The number of hydrogen-bond donors (Lipinski definition) is 1. The van der Waals surface area contributed by atoms with Crippen LogP contribution in [0, 0.1) is 0 Å². The molecule has 1 amide bonds. The average molecular weight is 376 g/mol. The Labute approximate surface area is 155 Å². The van der Waals surface area contributed by atoms with Gasteiger partial charge in [-0.15, -0.1) is 0 Å². The van der Waals surface area contributed by atoms with E-state index in [1.165, 1.54) is 17.0 Å². The predicted octanol–water partition coefficient (Wildman–Crippen LogP) is 3.62. The van der Waals surface area contributed by atoms with Crippen LogP contribution >= 0.6 is 11.6 Å². The summed E-state index contributed by atoms with van der Waals surface area (Å²) in [7, 11) is 0. The van der Waals surface area contributed by atoms with Gasteiger partial charge in [-0.05, 0) is 56.3 Å². The Kier molecular flexibility index (Phi) is 4.78. The number of carbonyl (C=O) groups is 2. The van der Waals surface area contributed by atoms with Gasteiger partial charge < -0.3 is 19.5 Å². The maximum Gasteiger partial charge on any atom is 0.335 e. The first-order valence-electron chi connectivity index (χ1n) is 8.04. The van der Waals surface area contributed by atoms with E-state index in [1.54, 1.807) is 44.2 Å². The number of aromatic carboxylic acids is 1. The van der Waals surface area contributed by atoms with Crippen LogP contribution in [0.3, 0.4) is 0 Å². The summed E-state index contributed by atoms with van der Waals surface area (Å²) in [4.78, 5) is 25.5. The SMILES string of the molecule is CC1(C)Oc2ccc(C(=O)O)cc2N(CCOc2ccc(Cl)cc2)C1=O. The molecule has 6 nitrogen and oxygen atoms in total. The van der Waals surface area contributed by atoms with Crippen LogP contribution in [0.25, 0.3) is 0 Å². The average Bonchev–Trinajstić information content (AvgIpc) is 2.59. The highest BCUT2D eigenvalue weighted by molar-refractivity contribution is 6.30. The third kappa shape index (κ3) is 3.60. The first-order chi connectivity index (χ1) is 12.3. The van der Waals surface area contributed by atoms with Crippen LogP contribution in [-0.2, 0) is 4.79 Å². The molecule has 1 N–H and O–H groups in total. The zero-order valence-corrected chi connectivity index (χ0v) is 15.1. The number of amides is 1. The summed E-state index contributed by atoms with van der Waals surface area (Å²) in [6.45, 7) is 3.84. The van der Waals surface area contributed by atoms with E-state index in [0.29, 0.717) is 22.2 Å². The van der Waals surface area contributed by atoms with E-state index in [1.807, 2.05) is 0 Å². The summed E-state index contributed by atoms with van der Waals surface area (Å²) >= 11 is 5.84. The van der Waals surface area contributed by atoms with Crippen molar-refractivity contribution in [2.75, 3.05) is 18.1 Å². The Hall–Kier alpha value is -2.73. The minimum absolute atomic E-state index is 0.0866. The zero-order chi connectivity index (χ0) is 18.9. The lowest BCUT2D eigenvalue weighted by molar-refractivity contribution is -0.132. The van der Waals surface area contributed by atoms with E-state index in [9.17, 15) is 14.7 Å². The maximum absolute atomic E-state index is 12.8. The molecule has 2 aromatic rings. The molecule has 0 unspecified atom stereocenters. The van der Waals surface area contributed by atoms with Crippen LogP contribution in [0.15, 0.2) is 42.5 Å². The maximum atomic E-state index is 12.8. The summed E-state index contributed by atoms with van der Waals surface area (Å²) in [6, 6.07) is 11.4. The first-order valence-corrected chi connectivity index (χ1v) is 8.42. The molecule has 3 rings (SSSR count). The Morgan fingerprint density at radius 3 is 2.58 bits per heavy atom. The van der Waals surface area contributed by atoms with Crippen molar-refractivity contribution in [1.29, 1.82) is 0 Å². The van der Waals surface area contributed by atoms with E-state index in [-0.39, 0.29) is 24.6 Å². The van der Waals surface area contributed by atoms with Crippen molar-refractivity contribution < 1.29 is 24.2 Å². The number of hydrogen-bond acceptors (Lipinski definition) is 4. The molecule has 0 saturated carbocycles. The topological polar surface area (TPSA) is 76.1 Å². The van der Waals surface area contributed by atoms with Gasteiger partial charge in [-0.3, -0.25) is 4.79 Å². The van der Waals surface area contributed by atoms with Crippen molar-refractivity contribution in [3.05, 3.63) is 53.1 Å². The molecule has 0 aromatic heterocycles. The minimum atomic E-state index is -1.07. The number of anilines is 1. The number of ether oxygens (including phenoxy) is 2. The number of carboxylic acid groups (broad SMARTS) is 1. The number of halogens is 1. The van der Waals surface area contributed by atoms with Crippen LogP contribution < -0.4 is 14.4 Å². The Bertz CT molecular complexity index is 848. The second kappa shape index (κ2) is 6.88. The smallest absolute Gasteiger partial charge is 0.335 e. The molecule has 0 aliphatic carbocycles. The van der Waals surface area contributed by atoms with E-state index < -0.39 is 11.6 Å². The molecule has 2 aromatic carbocycles. The van der Waals surface area contributed by atoms with Gasteiger partial charge in [0.15, 0.2) is 5.60 Å². The monoisotopic (exact) mass is 375 g/mol. The summed E-state index contributed by atoms with van der Waals surface area (Å²) in [5, 5.41) is 9.82. The van der Waals surface area contributed by atoms with Gasteiger partial charge >= 0.3 is 5.97 Å². The largest absolute Gasteiger partial charge is 0.492 e. The number of carbonyl (C=O) groups excluding carboxylic acids is 1. The number of fused-ring (bicyclic) bond motifs is 1. The Morgan fingerprint density at radius 1 is 1.23 bits per heavy atom. The van der Waals surface area contributed by atoms with Gasteiger partial charge in [-0.25, -0.2) is 4.79 Å². The lowest BCUT2D eigenvalue weighted by Crippen LogP contribution is -2.53. The van der Waals surface area contributed by atoms with Gasteiger partial charge in [0.05, 0.1) is 17.8 Å². The molecule has 1 aliphatic heterocycles. The van der Waals surface area contributed by atoms with Crippen molar-refractivity contribution in [3.63, 3.8) is 0 Å². The van der Waals surface area contributed by atoms with Gasteiger partial charge in [-0.2, -0.15) is 0 Å². The van der Waals surface area contributed by atoms with Crippen molar-refractivity contribution >= 4 is 29.2 Å². The predicted molar refractivity (Wildman–Crippen MR) is 97.4 cm³/mol. The highest BCUT2D eigenvalue weighted by Gasteiger charge is 2.41. The number of nitrogens with zero attached hydrogens (tertiary/aromatic N) is 1. The van der Waals surface area contributed by atoms with Crippen LogP contribution in [0.4, 0.5) is 5.69 Å². The van der Waals surface area contributed by atoms with E-state index >= 15 is 0 Å². The fourth-order valence-electron chi connectivity index (χ4n) is 2.71. The molecule has 1 aliphatic rings. The fraction of sp³-hybridized carbons (Fsp3) is 0.263. The highest BCUT2D eigenvalue weighted by atomic mass is 35.5. The molecule has 7 heteroatoms. The van der Waals surface area contributed by atoms with Gasteiger partial charge in [0.2, 0.25) is 0 Å². The second-order valence-corrected chi connectivity index (χ2v) is 6.80. The fourth-order valence-corrected chi connectivity index (χ4v) is 2.83. The summed E-state index contributed by atoms with van der Waals surface area (Å²) in [6.07, 6.45) is 0. The molecular formula is C19H18ClNO5. The summed E-state index contributed by atoms with van der Waals surface area (Å²) in [5.41, 5.74) is -0.532. The molecule has 1 heterocycles. The molecule has 0 fully saturated rings. The third-order valence-electron chi connectivity index (χ3n) is 4.02. The van der Waals surface area contributed by atoms with E-state index in [2.05, 4.69) is 0 Å². The molecule has 0 radical (unpaired) electrons. The normalized spacial score (nSPS) is 15.2. The lowest BCUT2D eigenvalue weighted by atomic mass is 10.0. The summed E-state index contributed by atoms with van der Waals surface area (Å²) in [5.74, 6) is -0.227. The third-order valence-corrected chi connectivity index (χ3v) is 4.27. The molecule has 0 atom stereocenters.